The van der Waals surface area contributed by atoms with Gasteiger partial charge in [0.05, 0.1) is 11.6 Å². The molecule has 1 aliphatic carbocycles. The lowest BCUT2D eigenvalue weighted by Gasteiger charge is -2.26. The molecule has 3 rings (SSSR count). The lowest BCUT2D eigenvalue weighted by Crippen LogP contribution is -2.36. The number of nitrogens with zero attached hydrogens (tertiary/aromatic N) is 1. The van der Waals surface area contributed by atoms with Crippen LogP contribution in [0.15, 0.2) is 24.3 Å². The first-order chi connectivity index (χ1) is 10.1. The van der Waals surface area contributed by atoms with Crippen LogP contribution in [0.4, 0.5) is 0 Å². The number of hydrogen-bond donors (Lipinski definition) is 1. The van der Waals surface area contributed by atoms with Gasteiger partial charge in [0.2, 0.25) is 0 Å². The number of fused-ring (bicyclic) bond motifs is 1. The van der Waals surface area contributed by atoms with Crippen LogP contribution in [0.5, 0.6) is 0 Å². The average molecular weight is 324 g/mol. The number of aliphatic carboxylic acids is 1. The molecule has 1 saturated carbocycles. The zero-order valence-corrected chi connectivity index (χ0v) is 13.3. The summed E-state index contributed by atoms with van der Waals surface area (Å²) in [6.07, 6.45) is 4.58. The molecule has 0 unspecified atom stereocenters. The highest BCUT2D eigenvalue weighted by molar-refractivity contribution is 7.19. The number of carboxylic acid groups (broad SMARTS) is 1. The number of carbonyl (C=O) groups is 1. The molecule has 1 aromatic carbocycles. The molecule has 0 saturated heterocycles. The van der Waals surface area contributed by atoms with Gasteiger partial charge in [-0.2, -0.15) is 0 Å². The van der Waals surface area contributed by atoms with Crippen LogP contribution in [0, 0.1) is 0 Å². The molecular formula is C16H18ClNO2S. The predicted octanol–water partition coefficient (Wildman–Crippen LogP) is 4.38. The minimum atomic E-state index is -0.765. The second kappa shape index (κ2) is 6.34. The molecular weight excluding hydrogens is 306 g/mol. The fourth-order valence-corrected chi connectivity index (χ4v) is 4.63. The van der Waals surface area contributed by atoms with Crippen LogP contribution in [-0.4, -0.2) is 28.6 Å². The van der Waals surface area contributed by atoms with Crippen LogP contribution < -0.4 is 0 Å². The molecule has 1 N–H and O–H groups in total. The van der Waals surface area contributed by atoms with Gasteiger partial charge in [-0.15, -0.1) is 11.3 Å². The summed E-state index contributed by atoms with van der Waals surface area (Å²) in [6.45, 7) is 0.727. The third-order valence-corrected chi connectivity index (χ3v) is 5.83. The summed E-state index contributed by atoms with van der Waals surface area (Å²) in [5, 5.41) is 11.0. The Morgan fingerprint density at radius 2 is 2.05 bits per heavy atom. The molecule has 1 heterocycles. The number of benzene rings is 1. The van der Waals surface area contributed by atoms with E-state index in [1.807, 2.05) is 18.2 Å². The third-order valence-electron chi connectivity index (χ3n) is 4.13. The second-order valence-corrected chi connectivity index (χ2v) is 7.09. The Hall–Kier alpha value is -1.10. The van der Waals surface area contributed by atoms with Crippen LogP contribution in [-0.2, 0) is 11.3 Å². The van der Waals surface area contributed by atoms with E-state index in [0.717, 1.165) is 28.1 Å². The van der Waals surface area contributed by atoms with Gasteiger partial charge >= 0.3 is 5.97 Å². The topological polar surface area (TPSA) is 40.5 Å². The monoisotopic (exact) mass is 323 g/mol. The summed E-state index contributed by atoms with van der Waals surface area (Å²) in [4.78, 5) is 14.3. The normalized spacial score (nSPS) is 16.1. The van der Waals surface area contributed by atoms with E-state index >= 15 is 0 Å². The lowest BCUT2D eigenvalue weighted by molar-refractivity contribution is -0.139. The van der Waals surface area contributed by atoms with Gasteiger partial charge in [0.15, 0.2) is 0 Å². The molecule has 5 heteroatoms. The van der Waals surface area contributed by atoms with Crippen LogP contribution >= 0.6 is 22.9 Å². The zero-order chi connectivity index (χ0) is 14.8. The van der Waals surface area contributed by atoms with Crippen molar-refractivity contribution >= 4 is 39.0 Å². The first-order valence-corrected chi connectivity index (χ1v) is 8.46. The van der Waals surface area contributed by atoms with E-state index in [4.69, 9.17) is 16.7 Å². The Morgan fingerprint density at radius 3 is 2.71 bits per heavy atom. The van der Waals surface area contributed by atoms with Crippen LogP contribution in [0.3, 0.4) is 0 Å². The zero-order valence-electron chi connectivity index (χ0n) is 11.7. The van der Waals surface area contributed by atoms with Crippen LogP contribution in [0.2, 0.25) is 5.02 Å². The summed E-state index contributed by atoms with van der Waals surface area (Å²) in [7, 11) is 0. The highest BCUT2D eigenvalue weighted by Crippen LogP contribution is 2.37. The summed E-state index contributed by atoms with van der Waals surface area (Å²) >= 11 is 8.15. The van der Waals surface area contributed by atoms with Gasteiger partial charge in [0.25, 0.3) is 0 Å². The number of hydrogen-bond acceptors (Lipinski definition) is 3. The Kier molecular flexibility index (Phi) is 4.48. The van der Waals surface area contributed by atoms with E-state index in [1.54, 1.807) is 11.3 Å². The Morgan fingerprint density at radius 1 is 1.33 bits per heavy atom. The van der Waals surface area contributed by atoms with Crippen molar-refractivity contribution in [1.82, 2.24) is 4.90 Å². The van der Waals surface area contributed by atoms with Gasteiger partial charge in [0.1, 0.15) is 0 Å². The second-order valence-electron chi connectivity index (χ2n) is 5.57. The molecule has 0 radical (unpaired) electrons. The highest BCUT2D eigenvalue weighted by Gasteiger charge is 2.25. The van der Waals surface area contributed by atoms with Crippen molar-refractivity contribution in [2.45, 2.75) is 38.3 Å². The Bertz CT molecular complexity index is 649. The molecule has 0 amide bonds. The summed E-state index contributed by atoms with van der Waals surface area (Å²) in [5.41, 5.74) is 0. The van der Waals surface area contributed by atoms with Crippen molar-refractivity contribution in [2.24, 2.45) is 0 Å². The van der Waals surface area contributed by atoms with Gasteiger partial charge in [-0.05, 0) is 18.9 Å². The molecule has 0 atom stereocenters. The molecule has 0 aliphatic heterocycles. The summed E-state index contributed by atoms with van der Waals surface area (Å²) in [5.74, 6) is -0.765. The van der Waals surface area contributed by atoms with Gasteiger partial charge < -0.3 is 5.11 Å². The maximum absolute atomic E-state index is 11.1. The van der Waals surface area contributed by atoms with E-state index in [2.05, 4.69) is 11.0 Å². The first kappa shape index (κ1) is 14.8. The Balaban J connectivity index is 1.86. The van der Waals surface area contributed by atoms with Crippen molar-refractivity contribution in [3.05, 3.63) is 34.2 Å². The van der Waals surface area contributed by atoms with Crippen LogP contribution in [0.25, 0.3) is 10.1 Å². The average Bonchev–Trinajstić information content (AvgIpc) is 3.08. The lowest BCUT2D eigenvalue weighted by atomic mass is 10.2. The highest BCUT2D eigenvalue weighted by atomic mass is 35.5. The maximum Gasteiger partial charge on any atom is 0.317 e. The van der Waals surface area contributed by atoms with Crippen molar-refractivity contribution in [3.8, 4) is 0 Å². The van der Waals surface area contributed by atoms with E-state index in [0.29, 0.717) is 12.6 Å². The molecule has 1 fully saturated rings. The minimum absolute atomic E-state index is 0.0925. The molecule has 2 aromatic rings. The fourth-order valence-electron chi connectivity index (χ4n) is 3.11. The molecule has 1 aromatic heterocycles. The molecule has 112 valence electrons. The molecule has 21 heavy (non-hydrogen) atoms. The number of rotatable bonds is 5. The largest absolute Gasteiger partial charge is 0.480 e. The summed E-state index contributed by atoms with van der Waals surface area (Å²) in [6, 6.07) is 8.45. The summed E-state index contributed by atoms with van der Waals surface area (Å²) < 4.78 is 1.17. The molecule has 3 nitrogen and oxygen atoms in total. The van der Waals surface area contributed by atoms with Crippen LogP contribution in [0.1, 0.15) is 30.6 Å². The third kappa shape index (κ3) is 3.23. The first-order valence-electron chi connectivity index (χ1n) is 7.27. The van der Waals surface area contributed by atoms with Gasteiger partial charge in [-0.25, -0.2) is 0 Å². The van der Waals surface area contributed by atoms with Crippen molar-refractivity contribution in [1.29, 1.82) is 0 Å². The van der Waals surface area contributed by atoms with Crippen molar-refractivity contribution in [3.63, 3.8) is 0 Å². The standard InChI is InChI=1S/C16H18ClNO2S/c17-16-12-7-3-4-8-13(12)21-14(16)9-18(10-15(19)20)11-5-1-2-6-11/h3-4,7-8,11H,1-2,5-6,9-10H2,(H,19,20). The fraction of sp³-hybridized carbons (Fsp3) is 0.438. The van der Waals surface area contributed by atoms with Crippen molar-refractivity contribution in [2.75, 3.05) is 6.54 Å². The number of carboxylic acids is 1. The molecule has 1 aliphatic rings. The van der Waals surface area contributed by atoms with Crippen molar-refractivity contribution < 1.29 is 9.90 Å². The van der Waals surface area contributed by atoms with Gasteiger partial charge in [-0.1, -0.05) is 42.6 Å². The van der Waals surface area contributed by atoms with Gasteiger partial charge in [-0.3, -0.25) is 9.69 Å². The Labute approximate surface area is 133 Å². The smallest absolute Gasteiger partial charge is 0.317 e. The maximum atomic E-state index is 11.1. The SMILES string of the molecule is O=C(O)CN(Cc1sc2ccccc2c1Cl)C1CCCC1. The van der Waals surface area contributed by atoms with E-state index in [1.165, 1.54) is 17.5 Å². The van der Waals surface area contributed by atoms with E-state index in [9.17, 15) is 4.79 Å². The predicted molar refractivity (Wildman–Crippen MR) is 87.1 cm³/mol. The number of halogens is 1. The number of thiophene rings is 1. The molecule has 0 bridgehead atoms. The van der Waals surface area contributed by atoms with E-state index < -0.39 is 5.97 Å². The quantitative estimate of drug-likeness (QED) is 0.887. The molecule has 0 spiro atoms. The van der Waals surface area contributed by atoms with Gasteiger partial charge in [0, 0.05) is 27.5 Å². The minimum Gasteiger partial charge on any atom is -0.480 e. The van der Waals surface area contributed by atoms with E-state index in [-0.39, 0.29) is 6.54 Å².